The van der Waals surface area contributed by atoms with Crippen LogP contribution in [0.2, 0.25) is 0 Å². The zero-order valence-corrected chi connectivity index (χ0v) is 19.1. The van der Waals surface area contributed by atoms with Gasteiger partial charge in [0.1, 0.15) is 10.7 Å². The van der Waals surface area contributed by atoms with E-state index < -0.39 is 50.3 Å². The number of aromatic nitrogens is 1. The number of anilines is 1. The van der Waals surface area contributed by atoms with Crippen molar-refractivity contribution in [2.24, 2.45) is 0 Å². The monoisotopic (exact) mass is 511 g/mol. The van der Waals surface area contributed by atoms with Crippen LogP contribution in [0.15, 0.2) is 23.2 Å². The van der Waals surface area contributed by atoms with Gasteiger partial charge in [0.2, 0.25) is 0 Å². The number of carboxylic acids is 1. The normalized spacial score (nSPS) is 12.9. The Labute approximate surface area is 189 Å². The lowest BCUT2D eigenvalue weighted by atomic mass is 9.88. The second kappa shape index (κ2) is 8.86. The Balaban J connectivity index is 2.52. The van der Waals surface area contributed by atoms with Gasteiger partial charge < -0.3 is 10.4 Å². The summed E-state index contributed by atoms with van der Waals surface area (Å²) in [6.07, 6.45) is -4.71. The minimum Gasteiger partial charge on any atom is -0.478 e. The summed E-state index contributed by atoms with van der Waals surface area (Å²) in [7, 11) is -3.90. The van der Waals surface area contributed by atoms with Gasteiger partial charge in [0, 0.05) is 11.1 Å². The van der Waals surface area contributed by atoms with E-state index in [4.69, 9.17) is 0 Å². The lowest BCUT2D eigenvalue weighted by Crippen LogP contribution is -2.32. The number of carboxylic acid groups (broad SMARTS) is 1. The molecule has 0 radical (unpaired) electrons. The van der Waals surface area contributed by atoms with E-state index in [9.17, 15) is 45.5 Å². The lowest BCUT2D eigenvalue weighted by Gasteiger charge is -2.18. The smallest absolute Gasteiger partial charge is 0.458 e. The standard InChI is InChI=1S/C19H18F5N3O4S2/c1-4-33(30,31)13-5-10(17(2,3)9-25)7-26-15(13)27-8-12-11(16(28)29)6-14(32-12)18(20,21)19(22,23)24/h5-7H,4,8H2,1-3H3,(H,26,27)(H,28,29). The van der Waals surface area contributed by atoms with Gasteiger partial charge >= 0.3 is 18.1 Å². The summed E-state index contributed by atoms with van der Waals surface area (Å²) in [5.74, 6) is -7.60. The van der Waals surface area contributed by atoms with Crippen molar-refractivity contribution >= 4 is 33.0 Å². The average molecular weight is 511 g/mol. The minimum absolute atomic E-state index is 0.0626. The zero-order chi connectivity index (χ0) is 25.4. The molecule has 33 heavy (non-hydrogen) atoms. The van der Waals surface area contributed by atoms with Crippen molar-refractivity contribution in [1.82, 2.24) is 4.98 Å². The molecule has 0 bridgehead atoms. The first kappa shape index (κ1) is 26.5. The fraction of sp³-hybridized carbons (Fsp3) is 0.421. The predicted octanol–water partition coefficient (Wildman–Crippen LogP) is 4.70. The number of thiophene rings is 1. The number of pyridine rings is 1. The number of nitrogens with zero attached hydrogens (tertiary/aromatic N) is 2. The summed E-state index contributed by atoms with van der Waals surface area (Å²) in [5.41, 5.74) is -1.60. The van der Waals surface area contributed by atoms with E-state index in [1.54, 1.807) is 0 Å². The van der Waals surface area contributed by atoms with Crippen molar-refractivity contribution in [2.45, 2.75) is 49.7 Å². The molecule has 0 amide bonds. The number of rotatable bonds is 8. The maximum atomic E-state index is 13.7. The van der Waals surface area contributed by atoms with E-state index in [1.807, 2.05) is 6.07 Å². The molecule has 180 valence electrons. The van der Waals surface area contributed by atoms with Gasteiger partial charge in [0.25, 0.3) is 0 Å². The maximum Gasteiger partial charge on any atom is 0.458 e. The Kier molecular flexibility index (Phi) is 7.11. The fourth-order valence-corrected chi connectivity index (χ4v) is 4.70. The molecule has 2 N–H and O–H groups in total. The zero-order valence-electron chi connectivity index (χ0n) is 17.4. The van der Waals surface area contributed by atoms with E-state index in [-0.39, 0.29) is 44.3 Å². The van der Waals surface area contributed by atoms with Crippen LogP contribution >= 0.6 is 11.3 Å². The molecule has 0 unspecified atom stereocenters. The fourth-order valence-electron chi connectivity index (χ4n) is 2.58. The molecule has 0 aliphatic carbocycles. The van der Waals surface area contributed by atoms with Crippen LogP contribution in [0.4, 0.5) is 27.8 Å². The van der Waals surface area contributed by atoms with Gasteiger partial charge in [-0.15, -0.1) is 11.3 Å². The van der Waals surface area contributed by atoms with Gasteiger partial charge in [0.15, 0.2) is 9.84 Å². The molecule has 0 aliphatic rings. The number of nitrogens with one attached hydrogen (secondary N) is 1. The number of hydrogen-bond acceptors (Lipinski definition) is 7. The van der Waals surface area contributed by atoms with Gasteiger partial charge in [-0.1, -0.05) is 6.92 Å². The maximum absolute atomic E-state index is 13.7. The SMILES string of the molecule is CCS(=O)(=O)c1cc(C(C)(C)C#N)cnc1NCc1sc(C(F)(F)C(F)(F)F)cc1C(=O)O. The average Bonchev–Trinajstić information content (AvgIpc) is 3.16. The third kappa shape index (κ3) is 5.25. The number of carbonyl (C=O) groups is 1. The molecule has 0 atom stereocenters. The molecule has 2 aromatic rings. The van der Waals surface area contributed by atoms with Crippen LogP contribution in [0.3, 0.4) is 0 Å². The first-order chi connectivity index (χ1) is 15.0. The second-order valence-electron chi connectivity index (χ2n) is 7.39. The number of nitriles is 1. The van der Waals surface area contributed by atoms with Crippen LogP contribution in [0.5, 0.6) is 0 Å². The lowest BCUT2D eigenvalue weighted by molar-refractivity contribution is -0.287. The second-order valence-corrected chi connectivity index (χ2v) is 10.8. The van der Waals surface area contributed by atoms with Crippen LogP contribution in [0, 0.1) is 11.3 Å². The summed E-state index contributed by atoms with van der Waals surface area (Å²) in [4.78, 5) is 13.2. The molecule has 0 aromatic carbocycles. The quantitative estimate of drug-likeness (QED) is 0.493. The highest BCUT2D eigenvalue weighted by Crippen LogP contribution is 2.47. The van der Waals surface area contributed by atoms with E-state index in [0.29, 0.717) is 0 Å². The van der Waals surface area contributed by atoms with Crippen molar-refractivity contribution in [3.8, 4) is 6.07 Å². The Bertz CT molecular complexity index is 1210. The molecule has 0 fully saturated rings. The number of aromatic carboxylic acids is 1. The van der Waals surface area contributed by atoms with Crippen molar-refractivity contribution in [1.29, 1.82) is 5.26 Å². The van der Waals surface area contributed by atoms with Gasteiger partial charge in [-0.05, 0) is 31.5 Å². The van der Waals surface area contributed by atoms with Gasteiger partial charge in [-0.2, -0.15) is 27.2 Å². The molecule has 0 saturated heterocycles. The molecule has 0 aliphatic heterocycles. The van der Waals surface area contributed by atoms with Crippen molar-refractivity contribution in [3.05, 3.63) is 39.2 Å². The summed E-state index contributed by atoms with van der Waals surface area (Å²) < 4.78 is 90.5. The van der Waals surface area contributed by atoms with E-state index >= 15 is 0 Å². The van der Waals surface area contributed by atoms with Gasteiger partial charge in [-0.3, -0.25) is 0 Å². The van der Waals surface area contributed by atoms with Crippen LogP contribution in [0.25, 0.3) is 0 Å². The number of sulfone groups is 1. The van der Waals surface area contributed by atoms with E-state index in [0.717, 1.165) is 0 Å². The third-order valence-corrected chi connectivity index (χ3v) is 7.64. The summed E-state index contributed by atoms with van der Waals surface area (Å²) in [6, 6.07) is 3.46. The highest BCUT2D eigenvalue weighted by Gasteiger charge is 2.60. The van der Waals surface area contributed by atoms with Crippen molar-refractivity contribution in [3.63, 3.8) is 0 Å². The Hall–Kier alpha value is -2.79. The minimum atomic E-state index is -5.92. The van der Waals surface area contributed by atoms with Crippen LogP contribution in [0.1, 0.15) is 46.4 Å². The Morgan fingerprint density at radius 3 is 2.33 bits per heavy atom. The predicted molar refractivity (Wildman–Crippen MR) is 109 cm³/mol. The highest BCUT2D eigenvalue weighted by atomic mass is 32.2. The topological polar surface area (TPSA) is 120 Å². The Morgan fingerprint density at radius 1 is 1.24 bits per heavy atom. The summed E-state index contributed by atoms with van der Waals surface area (Å²) >= 11 is -0.0626. The first-order valence-electron chi connectivity index (χ1n) is 9.17. The summed E-state index contributed by atoms with van der Waals surface area (Å²) in [6.45, 7) is 3.84. The van der Waals surface area contributed by atoms with E-state index in [2.05, 4.69) is 10.3 Å². The largest absolute Gasteiger partial charge is 0.478 e. The molecule has 7 nitrogen and oxygen atoms in total. The third-order valence-electron chi connectivity index (χ3n) is 4.69. The van der Waals surface area contributed by atoms with Crippen molar-refractivity contribution in [2.75, 3.05) is 11.1 Å². The molecule has 2 aromatic heterocycles. The van der Waals surface area contributed by atoms with Crippen LogP contribution in [-0.4, -0.2) is 36.4 Å². The number of halogens is 5. The molecule has 0 spiro atoms. The molecule has 0 saturated carbocycles. The molecule has 2 heterocycles. The molecular weight excluding hydrogens is 493 g/mol. The van der Waals surface area contributed by atoms with Gasteiger partial charge in [-0.25, -0.2) is 18.2 Å². The van der Waals surface area contributed by atoms with Gasteiger partial charge in [0.05, 0.1) is 34.2 Å². The van der Waals surface area contributed by atoms with Crippen LogP contribution < -0.4 is 5.32 Å². The first-order valence-corrected chi connectivity index (χ1v) is 11.6. The van der Waals surface area contributed by atoms with Crippen molar-refractivity contribution < 1.29 is 40.3 Å². The molecule has 14 heteroatoms. The number of alkyl halides is 5. The van der Waals surface area contributed by atoms with E-state index in [1.165, 1.54) is 33.0 Å². The molecule has 2 rings (SSSR count). The highest BCUT2D eigenvalue weighted by molar-refractivity contribution is 7.91. The van der Waals surface area contributed by atoms with Crippen LogP contribution in [-0.2, 0) is 27.7 Å². The number of hydrogen-bond donors (Lipinski definition) is 2. The molecular formula is C19H18F5N3O4S2. The Morgan fingerprint density at radius 2 is 1.85 bits per heavy atom. The summed E-state index contributed by atoms with van der Waals surface area (Å²) in [5, 5.41) is 21.0.